The Balaban J connectivity index is 1.87. The van der Waals surface area contributed by atoms with Gasteiger partial charge in [-0.05, 0) is 76.8 Å². The van der Waals surface area contributed by atoms with Crippen LogP contribution in [0.4, 0.5) is 0 Å². The first-order valence-corrected chi connectivity index (χ1v) is 8.62. The summed E-state index contributed by atoms with van der Waals surface area (Å²) in [6.07, 6.45) is 1.54. The lowest BCUT2D eigenvalue weighted by molar-refractivity contribution is -0.123. The SMILES string of the molecule is COc1ccc(/C=N\NC(=O)COc2cc(C)c(Cl)c(C)c2)cc1Br. The van der Waals surface area contributed by atoms with Gasteiger partial charge in [-0.1, -0.05) is 11.6 Å². The number of rotatable bonds is 6. The van der Waals surface area contributed by atoms with E-state index in [4.69, 9.17) is 21.1 Å². The highest BCUT2D eigenvalue weighted by molar-refractivity contribution is 9.10. The molecule has 7 heteroatoms. The molecule has 0 saturated heterocycles. The van der Waals surface area contributed by atoms with Crippen molar-refractivity contribution >= 4 is 39.7 Å². The maximum absolute atomic E-state index is 11.8. The molecule has 0 aliphatic carbocycles. The Hall–Kier alpha value is -2.05. The van der Waals surface area contributed by atoms with Crippen LogP contribution in [0.1, 0.15) is 16.7 Å². The van der Waals surface area contributed by atoms with Crippen LogP contribution >= 0.6 is 27.5 Å². The minimum atomic E-state index is -0.353. The molecule has 1 N–H and O–H groups in total. The van der Waals surface area contributed by atoms with E-state index in [1.807, 2.05) is 32.0 Å². The van der Waals surface area contributed by atoms with Crippen LogP contribution in [0.3, 0.4) is 0 Å². The average molecular weight is 426 g/mol. The second-order valence-electron chi connectivity index (χ2n) is 5.35. The van der Waals surface area contributed by atoms with Crippen molar-refractivity contribution in [1.82, 2.24) is 5.43 Å². The zero-order valence-electron chi connectivity index (χ0n) is 14.1. The number of halogens is 2. The number of carbonyl (C=O) groups excluding carboxylic acids is 1. The highest BCUT2D eigenvalue weighted by Gasteiger charge is 2.06. The quantitative estimate of drug-likeness (QED) is 0.556. The lowest BCUT2D eigenvalue weighted by Crippen LogP contribution is -2.24. The zero-order valence-corrected chi connectivity index (χ0v) is 16.4. The number of methoxy groups -OCH3 is 1. The predicted octanol–water partition coefficient (Wildman–Crippen LogP) is 4.26. The Morgan fingerprint density at radius 3 is 2.56 bits per heavy atom. The fourth-order valence-corrected chi connectivity index (χ4v) is 2.78. The molecule has 2 aromatic carbocycles. The van der Waals surface area contributed by atoms with Gasteiger partial charge in [-0.2, -0.15) is 5.10 Å². The van der Waals surface area contributed by atoms with E-state index in [0.717, 1.165) is 26.9 Å². The molecule has 0 aliphatic rings. The van der Waals surface area contributed by atoms with Crippen molar-refractivity contribution in [1.29, 1.82) is 0 Å². The van der Waals surface area contributed by atoms with Crippen LogP contribution in [0.15, 0.2) is 39.9 Å². The third kappa shape index (κ3) is 5.47. The fraction of sp³-hybridized carbons (Fsp3) is 0.222. The van der Waals surface area contributed by atoms with Gasteiger partial charge in [0.1, 0.15) is 11.5 Å². The summed E-state index contributed by atoms with van der Waals surface area (Å²) < 4.78 is 11.4. The molecule has 132 valence electrons. The van der Waals surface area contributed by atoms with Crippen molar-refractivity contribution in [3.05, 3.63) is 56.5 Å². The van der Waals surface area contributed by atoms with E-state index in [1.165, 1.54) is 0 Å². The summed E-state index contributed by atoms with van der Waals surface area (Å²) >= 11 is 9.50. The highest BCUT2D eigenvalue weighted by atomic mass is 79.9. The maximum Gasteiger partial charge on any atom is 0.277 e. The summed E-state index contributed by atoms with van der Waals surface area (Å²) in [6, 6.07) is 9.06. The monoisotopic (exact) mass is 424 g/mol. The molecular weight excluding hydrogens is 408 g/mol. The lowest BCUT2D eigenvalue weighted by atomic mass is 10.1. The van der Waals surface area contributed by atoms with E-state index >= 15 is 0 Å². The van der Waals surface area contributed by atoms with Crippen molar-refractivity contribution in [2.24, 2.45) is 5.10 Å². The predicted molar refractivity (Wildman–Crippen MR) is 103 cm³/mol. The van der Waals surface area contributed by atoms with E-state index in [2.05, 4.69) is 26.5 Å². The number of ether oxygens (including phenoxy) is 2. The average Bonchev–Trinajstić information content (AvgIpc) is 2.58. The van der Waals surface area contributed by atoms with E-state index in [0.29, 0.717) is 10.8 Å². The third-order valence-corrected chi connectivity index (χ3v) is 4.57. The van der Waals surface area contributed by atoms with Crippen LogP contribution in [0.2, 0.25) is 5.02 Å². The van der Waals surface area contributed by atoms with E-state index in [-0.39, 0.29) is 12.5 Å². The first-order chi connectivity index (χ1) is 11.9. The lowest BCUT2D eigenvalue weighted by Gasteiger charge is -2.09. The molecule has 5 nitrogen and oxygen atoms in total. The number of benzene rings is 2. The topological polar surface area (TPSA) is 59.9 Å². The molecule has 25 heavy (non-hydrogen) atoms. The number of hydrazone groups is 1. The zero-order chi connectivity index (χ0) is 18.4. The molecule has 0 aromatic heterocycles. The van der Waals surface area contributed by atoms with Gasteiger partial charge >= 0.3 is 0 Å². The maximum atomic E-state index is 11.8. The second kappa shape index (κ2) is 8.87. The largest absolute Gasteiger partial charge is 0.496 e. The molecule has 0 aliphatic heterocycles. The van der Waals surface area contributed by atoms with Crippen LogP contribution in [0, 0.1) is 13.8 Å². The standard InChI is InChI=1S/C18H18BrClN2O3/c1-11-6-14(7-12(2)18(11)20)25-10-17(23)22-21-9-13-4-5-16(24-3)15(19)8-13/h4-9H,10H2,1-3H3,(H,22,23)/b21-9-. The van der Waals surface area contributed by atoms with Crippen molar-refractivity contribution in [3.63, 3.8) is 0 Å². The molecule has 0 saturated carbocycles. The van der Waals surface area contributed by atoms with Crippen LogP contribution in [0.25, 0.3) is 0 Å². The van der Waals surface area contributed by atoms with Crippen LogP contribution in [-0.4, -0.2) is 25.8 Å². The summed E-state index contributed by atoms with van der Waals surface area (Å²) in [5, 5.41) is 4.61. The molecule has 0 spiro atoms. The number of hydrogen-bond donors (Lipinski definition) is 1. The van der Waals surface area contributed by atoms with Gasteiger partial charge in [-0.3, -0.25) is 4.79 Å². The number of nitrogens with one attached hydrogen (secondary N) is 1. The molecule has 0 fully saturated rings. The summed E-state index contributed by atoms with van der Waals surface area (Å²) in [4.78, 5) is 11.8. The number of carbonyl (C=O) groups is 1. The van der Waals surface area contributed by atoms with Gasteiger partial charge in [-0.15, -0.1) is 0 Å². The van der Waals surface area contributed by atoms with Gasteiger partial charge in [0.2, 0.25) is 0 Å². The van der Waals surface area contributed by atoms with Crippen LogP contribution < -0.4 is 14.9 Å². The van der Waals surface area contributed by atoms with Gasteiger partial charge in [0, 0.05) is 5.02 Å². The first kappa shape index (κ1) is 19.3. The van der Waals surface area contributed by atoms with Gasteiger partial charge in [0.05, 0.1) is 17.8 Å². The van der Waals surface area contributed by atoms with Crippen LogP contribution in [0.5, 0.6) is 11.5 Å². The van der Waals surface area contributed by atoms with Crippen LogP contribution in [-0.2, 0) is 4.79 Å². The Bertz CT molecular complexity index is 786. The molecular formula is C18H18BrClN2O3. The molecule has 0 unspecified atom stereocenters. The summed E-state index contributed by atoms with van der Waals surface area (Å²) in [7, 11) is 1.59. The van der Waals surface area contributed by atoms with E-state index < -0.39 is 0 Å². The minimum absolute atomic E-state index is 0.135. The highest BCUT2D eigenvalue weighted by Crippen LogP contribution is 2.26. The smallest absolute Gasteiger partial charge is 0.277 e. The molecule has 0 atom stereocenters. The van der Waals surface area contributed by atoms with Gasteiger partial charge in [0.15, 0.2) is 6.61 Å². The fourth-order valence-electron chi connectivity index (χ4n) is 2.11. The molecule has 0 bridgehead atoms. The number of hydrogen-bond acceptors (Lipinski definition) is 4. The van der Waals surface area contributed by atoms with Gasteiger partial charge < -0.3 is 9.47 Å². The Labute approximate surface area is 160 Å². The van der Waals surface area contributed by atoms with E-state index in [9.17, 15) is 4.79 Å². The molecule has 1 amide bonds. The molecule has 0 heterocycles. The first-order valence-electron chi connectivity index (χ1n) is 7.45. The number of nitrogens with zero attached hydrogens (tertiary/aromatic N) is 1. The van der Waals surface area contributed by atoms with Crippen molar-refractivity contribution in [3.8, 4) is 11.5 Å². The van der Waals surface area contributed by atoms with Crippen molar-refractivity contribution in [2.45, 2.75) is 13.8 Å². The van der Waals surface area contributed by atoms with Crippen molar-refractivity contribution in [2.75, 3.05) is 13.7 Å². The molecule has 2 rings (SSSR count). The second-order valence-corrected chi connectivity index (χ2v) is 6.58. The Morgan fingerprint density at radius 2 is 1.96 bits per heavy atom. The summed E-state index contributed by atoms with van der Waals surface area (Å²) in [5.41, 5.74) is 5.05. The Morgan fingerprint density at radius 1 is 1.28 bits per heavy atom. The van der Waals surface area contributed by atoms with Gasteiger partial charge in [-0.25, -0.2) is 5.43 Å². The molecule has 2 aromatic rings. The summed E-state index contributed by atoms with van der Waals surface area (Å²) in [6.45, 7) is 3.64. The molecule has 0 radical (unpaired) electrons. The van der Waals surface area contributed by atoms with Crippen molar-refractivity contribution < 1.29 is 14.3 Å². The minimum Gasteiger partial charge on any atom is -0.496 e. The summed E-state index contributed by atoms with van der Waals surface area (Å²) in [5.74, 6) is 0.967. The third-order valence-electron chi connectivity index (χ3n) is 3.36. The Kier molecular flexibility index (Phi) is 6.84. The van der Waals surface area contributed by atoms with Gasteiger partial charge in [0.25, 0.3) is 5.91 Å². The number of amides is 1. The van der Waals surface area contributed by atoms with E-state index in [1.54, 1.807) is 25.5 Å². The normalized spacial score (nSPS) is 10.8. The number of aryl methyl sites for hydroxylation is 2.